The zero-order valence-corrected chi connectivity index (χ0v) is 21.0. The molecule has 0 atom stereocenters. The molecule has 1 N–H and O–H groups in total. The number of carbonyl (C=O) groups excluding carboxylic acids is 3. The van der Waals surface area contributed by atoms with Crippen LogP contribution in [0, 0.1) is 6.92 Å². The number of thioether (sulfide) groups is 1. The molecule has 1 fully saturated rings. The molecule has 7 heteroatoms. The van der Waals surface area contributed by atoms with Gasteiger partial charge in [-0.3, -0.25) is 19.3 Å². The Hall–Kier alpha value is -4.36. The molecule has 0 aliphatic carbocycles. The van der Waals surface area contributed by atoms with Crippen molar-refractivity contribution in [1.82, 2.24) is 4.90 Å². The second kappa shape index (κ2) is 10.7. The molecule has 1 heterocycles. The lowest BCUT2D eigenvalue weighted by Crippen LogP contribution is -2.27. The lowest BCUT2D eigenvalue weighted by Gasteiger charge is -2.13. The quantitative estimate of drug-likeness (QED) is 0.292. The first-order valence-corrected chi connectivity index (χ1v) is 12.6. The lowest BCUT2D eigenvalue weighted by atomic mass is 10.1. The number of ether oxygens (including phenoxy) is 1. The summed E-state index contributed by atoms with van der Waals surface area (Å²) in [5, 5.41) is 4.68. The SMILES string of the molecule is Cc1ccc(NC(=O)COc2ccc(C=C3SC(=O)N(Cc4ccc5ccccc5c4)C3=O)cc2)cc1. The molecule has 0 radical (unpaired) electrons. The highest BCUT2D eigenvalue weighted by atomic mass is 32.2. The molecule has 6 nitrogen and oxygen atoms in total. The third-order valence-electron chi connectivity index (χ3n) is 5.91. The van der Waals surface area contributed by atoms with Crippen molar-refractivity contribution in [2.75, 3.05) is 11.9 Å². The molecule has 5 rings (SSSR count). The number of hydrogen-bond donors (Lipinski definition) is 1. The van der Waals surface area contributed by atoms with Gasteiger partial charge in [0, 0.05) is 5.69 Å². The maximum absolute atomic E-state index is 12.9. The Bertz CT molecular complexity index is 1510. The smallest absolute Gasteiger partial charge is 0.293 e. The first-order chi connectivity index (χ1) is 17.9. The van der Waals surface area contributed by atoms with Gasteiger partial charge in [-0.15, -0.1) is 0 Å². The molecular formula is C30H24N2O4S. The van der Waals surface area contributed by atoms with Gasteiger partial charge in [0.2, 0.25) is 0 Å². The largest absolute Gasteiger partial charge is 0.484 e. The molecule has 0 unspecified atom stereocenters. The molecular weight excluding hydrogens is 484 g/mol. The van der Waals surface area contributed by atoms with E-state index in [2.05, 4.69) is 5.32 Å². The zero-order valence-electron chi connectivity index (χ0n) is 20.1. The summed E-state index contributed by atoms with van der Waals surface area (Å²) in [5.74, 6) is -0.0371. The normalized spacial score (nSPS) is 14.4. The van der Waals surface area contributed by atoms with Crippen LogP contribution in [0.2, 0.25) is 0 Å². The van der Waals surface area contributed by atoms with Crippen molar-refractivity contribution in [3.05, 3.63) is 113 Å². The first-order valence-electron chi connectivity index (χ1n) is 11.8. The Labute approximate surface area is 218 Å². The van der Waals surface area contributed by atoms with Gasteiger partial charge in [0.05, 0.1) is 11.4 Å². The fourth-order valence-electron chi connectivity index (χ4n) is 3.95. The van der Waals surface area contributed by atoms with Crippen molar-refractivity contribution in [2.24, 2.45) is 0 Å². The number of nitrogens with one attached hydrogen (secondary N) is 1. The maximum atomic E-state index is 12.9. The number of imide groups is 1. The maximum Gasteiger partial charge on any atom is 0.293 e. The summed E-state index contributed by atoms with van der Waals surface area (Å²) in [5.41, 5.74) is 3.48. The number of benzene rings is 4. The van der Waals surface area contributed by atoms with Crippen molar-refractivity contribution >= 4 is 51.4 Å². The summed E-state index contributed by atoms with van der Waals surface area (Å²) in [6.07, 6.45) is 1.69. The highest BCUT2D eigenvalue weighted by Gasteiger charge is 2.35. The van der Waals surface area contributed by atoms with Crippen LogP contribution >= 0.6 is 11.8 Å². The fraction of sp³-hybridized carbons (Fsp3) is 0.100. The topological polar surface area (TPSA) is 75.7 Å². The standard InChI is InChI=1S/C30H24N2O4S/c1-20-6-12-25(13-7-20)31-28(33)19-36-26-14-9-21(10-15-26)17-27-29(34)32(30(35)37-27)18-22-8-11-23-4-2-3-5-24(23)16-22/h2-17H,18-19H2,1H3,(H,31,33). The van der Waals surface area contributed by atoms with E-state index >= 15 is 0 Å². The summed E-state index contributed by atoms with van der Waals surface area (Å²) in [7, 11) is 0. The highest BCUT2D eigenvalue weighted by Crippen LogP contribution is 2.34. The molecule has 1 aliphatic heterocycles. The van der Waals surface area contributed by atoms with Crippen LogP contribution in [0.15, 0.2) is 95.9 Å². The summed E-state index contributed by atoms with van der Waals surface area (Å²) >= 11 is 0.934. The Balaban J connectivity index is 1.19. The van der Waals surface area contributed by atoms with Crippen molar-refractivity contribution in [3.8, 4) is 5.75 Å². The number of hydrogen-bond acceptors (Lipinski definition) is 5. The summed E-state index contributed by atoms with van der Waals surface area (Å²) in [6.45, 7) is 2.08. The number of nitrogens with zero attached hydrogens (tertiary/aromatic N) is 1. The molecule has 0 bridgehead atoms. The van der Waals surface area contributed by atoms with Gasteiger partial charge in [0.15, 0.2) is 6.61 Å². The Morgan fingerprint density at radius 2 is 1.65 bits per heavy atom. The Morgan fingerprint density at radius 1 is 0.919 bits per heavy atom. The lowest BCUT2D eigenvalue weighted by molar-refractivity contribution is -0.123. The first kappa shape index (κ1) is 24.3. The van der Waals surface area contributed by atoms with Gasteiger partial charge in [0.1, 0.15) is 5.75 Å². The average Bonchev–Trinajstić information content (AvgIpc) is 3.17. The fourth-order valence-corrected chi connectivity index (χ4v) is 4.79. The monoisotopic (exact) mass is 508 g/mol. The van der Waals surface area contributed by atoms with E-state index in [-0.39, 0.29) is 30.2 Å². The predicted molar refractivity (Wildman–Crippen MR) is 147 cm³/mol. The van der Waals surface area contributed by atoms with Gasteiger partial charge in [-0.2, -0.15) is 0 Å². The third kappa shape index (κ3) is 5.90. The van der Waals surface area contributed by atoms with E-state index in [4.69, 9.17) is 4.74 Å². The van der Waals surface area contributed by atoms with Gasteiger partial charge in [-0.05, 0) is 77.0 Å². The van der Waals surface area contributed by atoms with E-state index < -0.39 is 0 Å². The second-order valence-electron chi connectivity index (χ2n) is 8.72. The second-order valence-corrected chi connectivity index (χ2v) is 9.71. The van der Waals surface area contributed by atoms with Crippen LogP contribution in [0.25, 0.3) is 16.8 Å². The van der Waals surface area contributed by atoms with Gasteiger partial charge in [-0.25, -0.2) is 0 Å². The Kier molecular flexibility index (Phi) is 7.05. The van der Waals surface area contributed by atoms with Crippen molar-refractivity contribution < 1.29 is 19.1 Å². The summed E-state index contributed by atoms with van der Waals surface area (Å²) in [4.78, 5) is 39.3. The number of fused-ring (bicyclic) bond motifs is 1. The minimum Gasteiger partial charge on any atom is -0.484 e. The molecule has 4 aromatic carbocycles. The van der Waals surface area contributed by atoms with Crippen LogP contribution in [0.5, 0.6) is 5.75 Å². The Morgan fingerprint density at radius 3 is 2.41 bits per heavy atom. The number of anilines is 1. The van der Waals surface area contributed by atoms with Gasteiger partial charge < -0.3 is 10.1 Å². The number of aryl methyl sites for hydroxylation is 1. The molecule has 0 saturated carbocycles. The van der Waals surface area contributed by atoms with E-state index in [0.29, 0.717) is 16.3 Å². The summed E-state index contributed by atoms with van der Waals surface area (Å²) < 4.78 is 5.57. The van der Waals surface area contributed by atoms with Crippen LogP contribution in [-0.2, 0) is 16.1 Å². The highest BCUT2D eigenvalue weighted by molar-refractivity contribution is 8.18. The van der Waals surface area contributed by atoms with Crippen LogP contribution in [0.4, 0.5) is 10.5 Å². The van der Waals surface area contributed by atoms with Crippen molar-refractivity contribution in [1.29, 1.82) is 0 Å². The third-order valence-corrected chi connectivity index (χ3v) is 6.82. The van der Waals surface area contributed by atoms with Crippen LogP contribution < -0.4 is 10.1 Å². The molecule has 37 heavy (non-hydrogen) atoms. The molecule has 3 amide bonds. The molecule has 184 valence electrons. The van der Waals surface area contributed by atoms with Gasteiger partial charge >= 0.3 is 0 Å². The minimum absolute atomic E-state index is 0.124. The van der Waals surface area contributed by atoms with Gasteiger partial charge in [-0.1, -0.05) is 66.2 Å². The molecule has 0 aromatic heterocycles. The van der Waals surface area contributed by atoms with E-state index in [0.717, 1.165) is 39.2 Å². The van der Waals surface area contributed by atoms with Crippen molar-refractivity contribution in [2.45, 2.75) is 13.5 Å². The van der Waals surface area contributed by atoms with E-state index in [1.54, 1.807) is 30.3 Å². The molecule has 0 spiro atoms. The van der Waals surface area contributed by atoms with Gasteiger partial charge in [0.25, 0.3) is 17.1 Å². The molecule has 4 aromatic rings. The number of rotatable bonds is 7. The predicted octanol–water partition coefficient (Wildman–Crippen LogP) is 6.40. The van der Waals surface area contributed by atoms with E-state index in [9.17, 15) is 14.4 Å². The van der Waals surface area contributed by atoms with E-state index in [1.165, 1.54) is 4.90 Å². The van der Waals surface area contributed by atoms with E-state index in [1.807, 2.05) is 73.7 Å². The molecule has 1 aliphatic rings. The summed E-state index contributed by atoms with van der Waals surface area (Å²) in [6, 6.07) is 28.5. The van der Waals surface area contributed by atoms with Crippen LogP contribution in [-0.4, -0.2) is 28.6 Å². The van der Waals surface area contributed by atoms with Crippen LogP contribution in [0.3, 0.4) is 0 Å². The molecule has 1 saturated heterocycles. The van der Waals surface area contributed by atoms with Crippen LogP contribution in [0.1, 0.15) is 16.7 Å². The number of amides is 3. The zero-order chi connectivity index (χ0) is 25.8. The minimum atomic E-state index is -0.309. The number of carbonyl (C=O) groups is 3. The average molecular weight is 509 g/mol. The van der Waals surface area contributed by atoms with Crippen molar-refractivity contribution in [3.63, 3.8) is 0 Å².